The van der Waals surface area contributed by atoms with Gasteiger partial charge in [-0.25, -0.2) is 0 Å². The molecule has 0 aliphatic carbocycles. The monoisotopic (exact) mass is 273 g/mol. The van der Waals surface area contributed by atoms with Gasteiger partial charge in [-0.15, -0.1) is 0 Å². The summed E-state index contributed by atoms with van der Waals surface area (Å²) in [6.07, 6.45) is -0.670. The predicted octanol–water partition coefficient (Wildman–Crippen LogP) is 2.15. The summed E-state index contributed by atoms with van der Waals surface area (Å²) in [5, 5.41) is 9.92. The molecule has 84 valence electrons. The van der Waals surface area contributed by atoms with Gasteiger partial charge in [-0.05, 0) is 37.1 Å². The van der Waals surface area contributed by atoms with Gasteiger partial charge in [0.25, 0.3) is 0 Å². The highest BCUT2D eigenvalue weighted by Crippen LogP contribution is 2.30. The summed E-state index contributed by atoms with van der Waals surface area (Å²) in [7, 11) is 1.60. The first-order valence-electron chi connectivity index (χ1n) is 4.75. The fraction of sp³-hybridized carbons (Fsp3) is 0.455. The number of halogens is 1. The van der Waals surface area contributed by atoms with Crippen LogP contribution in [0.15, 0.2) is 16.6 Å². The fourth-order valence-corrected chi connectivity index (χ4v) is 1.84. The second kappa shape index (κ2) is 4.96. The van der Waals surface area contributed by atoms with Crippen molar-refractivity contribution in [3.8, 4) is 5.75 Å². The van der Waals surface area contributed by atoms with Gasteiger partial charge >= 0.3 is 0 Å². The maximum atomic E-state index is 9.92. The van der Waals surface area contributed by atoms with Crippen molar-refractivity contribution in [1.29, 1.82) is 0 Å². The van der Waals surface area contributed by atoms with E-state index in [-0.39, 0.29) is 6.04 Å². The molecule has 0 bridgehead atoms. The molecule has 0 heterocycles. The van der Waals surface area contributed by atoms with Crippen molar-refractivity contribution < 1.29 is 9.84 Å². The first-order chi connectivity index (χ1) is 6.97. The van der Waals surface area contributed by atoms with Gasteiger partial charge in [-0.3, -0.25) is 0 Å². The summed E-state index contributed by atoms with van der Waals surface area (Å²) in [6, 6.07) is 3.38. The highest BCUT2D eigenvalue weighted by molar-refractivity contribution is 9.10. The van der Waals surface area contributed by atoms with Crippen LogP contribution in [-0.4, -0.2) is 18.3 Å². The Labute approximate surface area is 98.4 Å². The second-order valence-corrected chi connectivity index (χ2v) is 4.48. The molecular weight excluding hydrogens is 258 g/mol. The molecule has 0 spiro atoms. The lowest BCUT2D eigenvalue weighted by molar-refractivity contribution is 0.152. The van der Waals surface area contributed by atoms with Crippen LogP contribution in [0, 0.1) is 6.92 Å². The molecule has 2 atom stereocenters. The fourth-order valence-electron chi connectivity index (χ4n) is 1.38. The van der Waals surface area contributed by atoms with Crippen LogP contribution in [-0.2, 0) is 0 Å². The molecule has 15 heavy (non-hydrogen) atoms. The normalized spacial score (nSPS) is 14.8. The van der Waals surface area contributed by atoms with E-state index in [1.165, 1.54) is 0 Å². The minimum absolute atomic E-state index is 0.303. The third-order valence-corrected chi connectivity index (χ3v) is 3.23. The molecule has 1 rings (SSSR count). The Morgan fingerprint density at radius 3 is 2.53 bits per heavy atom. The number of ether oxygens (including phenoxy) is 1. The Kier molecular flexibility index (Phi) is 4.13. The molecule has 3 N–H and O–H groups in total. The van der Waals surface area contributed by atoms with Gasteiger partial charge in [-0.1, -0.05) is 15.9 Å². The van der Waals surface area contributed by atoms with Crippen molar-refractivity contribution in [2.24, 2.45) is 5.73 Å². The van der Waals surface area contributed by atoms with Gasteiger partial charge in [-0.2, -0.15) is 0 Å². The summed E-state index contributed by atoms with van der Waals surface area (Å²) in [4.78, 5) is 0. The van der Waals surface area contributed by atoms with Crippen LogP contribution in [0.1, 0.15) is 24.2 Å². The predicted molar refractivity (Wildman–Crippen MR) is 64.0 cm³/mol. The SMILES string of the molecule is COc1cc(Br)c(C)c([C@H](O)[C@@H](C)N)c1. The lowest BCUT2D eigenvalue weighted by Crippen LogP contribution is -2.25. The summed E-state index contributed by atoms with van der Waals surface area (Å²) in [6.45, 7) is 3.71. The molecule has 1 aromatic carbocycles. The highest BCUT2D eigenvalue weighted by Gasteiger charge is 2.17. The van der Waals surface area contributed by atoms with Gasteiger partial charge in [0.1, 0.15) is 5.75 Å². The minimum Gasteiger partial charge on any atom is -0.497 e. The van der Waals surface area contributed by atoms with Crippen molar-refractivity contribution in [3.05, 3.63) is 27.7 Å². The van der Waals surface area contributed by atoms with E-state index < -0.39 is 6.10 Å². The first kappa shape index (κ1) is 12.5. The Hall–Kier alpha value is -0.580. The minimum atomic E-state index is -0.670. The number of nitrogens with two attached hydrogens (primary N) is 1. The van der Waals surface area contributed by atoms with Crippen LogP contribution >= 0.6 is 15.9 Å². The summed E-state index contributed by atoms with van der Waals surface area (Å²) < 4.78 is 6.05. The molecule has 4 heteroatoms. The summed E-state index contributed by atoms with van der Waals surface area (Å²) in [5.74, 6) is 0.710. The van der Waals surface area contributed by atoms with Crippen molar-refractivity contribution >= 4 is 15.9 Å². The van der Waals surface area contributed by atoms with E-state index in [0.717, 1.165) is 15.6 Å². The largest absolute Gasteiger partial charge is 0.497 e. The van der Waals surface area contributed by atoms with Crippen molar-refractivity contribution in [2.75, 3.05) is 7.11 Å². The Balaban J connectivity index is 3.21. The van der Waals surface area contributed by atoms with Gasteiger partial charge < -0.3 is 15.6 Å². The van der Waals surface area contributed by atoms with E-state index in [4.69, 9.17) is 10.5 Å². The Morgan fingerprint density at radius 1 is 1.47 bits per heavy atom. The zero-order valence-electron chi connectivity index (χ0n) is 9.12. The average molecular weight is 274 g/mol. The Morgan fingerprint density at radius 2 is 2.07 bits per heavy atom. The average Bonchev–Trinajstić information content (AvgIpc) is 2.20. The number of hydrogen-bond donors (Lipinski definition) is 2. The lowest BCUT2D eigenvalue weighted by Gasteiger charge is -2.19. The highest BCUT2D eigenvalue weighted by atomic mass is 79.9. The number of rotatable bonds is 3. The molecule has 0 aliphatic rings. The zero-order valence-corrected chi connectivity index (χ0v) is 10.7. The van der Waals surface area contributed by atoms with Crippen molar-refractivity contribution in [1.82, 2.24) is 0 Å². The van der Waals surface area contributed by atoms with E-state index >= 15 is 0 Å². The maximum absolute atomic E-state index is 9.92. The quantitative estimate of drug-likeness (QED) is 0.888. The summed E-state index contributed by atoms with van der Waals surface area (Å²) >= 11 is 3.42. The maximum Gasteiger partial charge on any atom is 0.120 e. The van der Waals surface area contributed by atoms with Crippen LogP contribution in [0.4, 0.5) is 0 Å². The van der Waals surface area contributed by atoms with Crippen LogP contribution < -0.4 is 10.5 Å². The third kappa shape index (κ3) is 2.71. The van der Waals surface area contributed by atoms with Crippen molar-refractivity contribution in [3.63, 3.8) is 0 Å². The molecule has 0 unspecified atom stereocenters. The second-order valence-electron chi connectivity index (χ2n) is 3.63. The number of methoxy groups -OCH3 is 1. The molecule has 0 fully saturated rings. The Bertz CT molecular complexity index is 353. The molecule has 0 saturated carbocycles. The number of benzene rings is 1. The van der Waals surface area contributed by atoms with E-state index in [0.29, 0.717) is 5.75 Å². The number of hydrogen-bond acceptors (Lipinski definition) is 3. The van der Waals surface area contributed by atoms with Crippen LogP contribution in [0.2, 0.25) is 0 Å². The first-order valence-corrected chi connectivity index (χ1v) is 5.54. The molecule has 0 radical (unpaired) electrons. The lowest BCUT2D eigenvalue weighted by atomic mass is 9.99. The van der Waals surface area contributed by atoms with Crippen molar-refractivity contribution in [2.45, 2.75) is 26.0 Å². The number of aliphatic hydroxyl groups is 1. The van der Waals surface area contributed by atoms with Gasteiger partial charge in [0.05, 0.1) is 13.2 Å². The standard InChI is InChI=1S/C11H16BrNO2/c1-6-9(11(14)7(2)13)4-8(15-3)5-10(6)12/h4-5,7,11,14H,13H2,1-3H3/t7-,11-/m1/s1. The number of aliphatic hydroxyl groups excluding tert-OH is 1. The molecule has 1 aromatic rings. The van der Waals surface area contributed by atoms with E-state index in [1.54, 1.807) is 14.0 Å². The summed E-state index contributed by atoms with van der Waals surface area (Å²) in [5.41, 5.74) is 7.46. The molecule has 0 aromatic heterocycles. The topological polar surface area (TPSA) is 55.5 Å². The van der Waals surface area contributed by atoms with E-state index in [1.807, 2.05) is 19.1 Å². The smallest absolute Gasteiger partial charge is 0.120 e. The van der Waals surface area contributed by atoms with Crippen LogP contribution in [0.3, 0.4) is 0 Å². The molecule has 0 amide bonds. The van der Waals surface area contributed by atoms with Crippen LogP contribution in [0.25, 0.3) is 0 Å². The van der Waals surface area contributed by atoms with Gasteiger partial charge in [0, 0.05) is 10.5 Å². The van der Waals surface area contributed by atoms with E-state index in [9.17, 15) is 5.11 Å². The van der Waals surface area contributed by atoms with E-state index in [2.05, 4.69) is 15.9 Å². The van der Waals surface area contributed by atoms with Gasteiger partial charge in [0.15, 0.2) is 0 Å². The zero-order chi connectivity index (χ0) is 11.6. The molecule has 3 nitrogen and oxygen atoms in total. The molecule has 0 aliphatic heterocycles. The van der Waals surface area contributed by atoms with Crippen LogP contribution in [0.5, 0.6) is 5.75 Å². The molecule has 0 saturated heterocycles. The third-order valence-electron chi connectivity index (χ3n) is 2.41. The molecular formula is C11H16BrNO2. The van der Waals surface area contributed by atoms with Gasteiger partial charge in [0.2, 0.25) is 0 Å².